The van der Waals surface area contributed by atoms with Gasteiger partial charge >= 0.3 is 0 Å². The van der Waals surface area contributed by atoms with Crippen LogP contribution in [0.1, 0.15) is 40.5 Å². The number of rotatable bonds is 4. The highest BCUT2D eigenvalue weighted by Crippen LogP contribution is 2.34. The van der Waals surface area contributed by atoms with Crippen molar-refractivity contribution in [2.45, 2.75) is 46.1 Å². The standard InChI is InChI=1S/C9H21NO/c1-5-6-9(4,7-10)8(2,3)11/h11H,5-7,10H2,1-4H3. The van der Waals surface area contributed by atoms with E-state index in [9.17, 15) is 5.11 Å². The van der Waals surface area contributed by atoms with Gasteiger partial charge in [-0.15, -0.1) is 0 Å². The lowest BCUT2D eigenvalue weighted by atomic mass is 9.72. The Balaban J connectivity index is 4.33. The van der Waals surface area contributed by atoms with Gasteiger partial charge in [0.15, 0.2) is 0 Å². The van der Waals surface area contributed by atoms with Crippen LogP contribution in [-0.4, -0.2) is 17.3 Å². The van der Waals surface area contributed by atoms with E-state index in [4.69, 9.17) is 5.73 Å². The second-order valence-corrected chi connectivity index (χ2v) is 4.07. The molecule has 0 rings (SSSR count). The zero-order valence-corrected chi connectivity index (χ0v) is 8.15. The van der Waals surface area contributed by atoms with Crippen LogP contribution in [-0.2, 0) is 0 Å². The normalized spacial score (nSPS) is 18.0. The summed E-state index contributed by atoms with van der Waals surface area (Å²) in [5, 5.41) is 9.79. The maximum Gasteiger partial charge on any atom is 0.0657 e. The molecule has 0 aliphatic heterocycles. The van der Waals surface area contributed by atoms with Crippen molar-refractivity contribution >= 4 is 0 Å². The molecule has 0 aliphatic carbocycles. The van der Waals surface area contributed by atoms with E-state index in [1.54, 1.807) is 0 Å². The molecule has 0 heterocycles. The minimum absolute atomic E-state index is 0.137. The first-order chi connectivity index (χ1) is 4.87. The molecule has 0 aromatic carbocycles. The number of nitrogens with two attached hydrogens (primary N) is 1. The maximum absolute atomic E-state index is 9.79. The quantitative estimate of drug-likeness (QED) is 0.653. The fourth-order valence-electron chi connectivity index (χ4n) is 1.21. The highest BCUT2D eigenvalue weighted by Gasteiger charge is 2.37. The van der Waals surface area contributed by atoms with Gasteiger partial charge in [0, 0.05) is 12.0 Å². The lowest BCUT2D eigenvalue weighted by Crippen LogP contribution is -2.46. The Morgan fingerprint density at radius 1 is 1.27 bits per heavy atom. The van der Waals surface area contributed by atoms with Crippen molar-refractivity contribution in [3.63, 3.8) is 0 Å². The van der Waals surface area contributed by atoms with E-state index in [0.717, 1.165) is 12.8 Å². The topological polar surface area (TPSA) is 46.2 Å². The molecule has 0 radical (unpaired) electrons. The summed E-state index contributed by atoms with van der Waals surface area (Å²) in [7, 11) is 0. The molecule has 0 saturated heterocycles. The first kappa shape index (κ1) is 10.9. The molecule has 1 unspecified atom stereocenters. The highest BCUT2D eigenvalue weighted by atomic mass is 16.3. The molecule has 0 amide bonds. The van der Waals surface area contributed by atoms with Gasteiger partial charge < -0.3 is 10.8 Å². The fourth-order valence-corrected chi connectivity index (χ4v) is 1.21. The zero-order valence-electron chi connectivity index (χ0n) is 8.15. The van der Waals surface area contributed by atoms with Crippen LogP contribution in [0.3, 0.4) is 0 Å². The molecule has 0 spiro atoms. The molecule has 3 N–H and O–H groups in total. The van der Waals surface area contributed by atoms with Gasteiger partial charge in [0.1, 0.15) is 0 Å². The van der Waals surface area contributed by atoms with Gasteiger partial charge in [-0.1, -0.05) is 20.3 Å². The zero-order chi connectivity index (χ0) is 9.12. The van der Waals surface area contributed by atoms with Gasteiger partial charge in [-0.2, -0.15) is 0 Å². The monoisotopic (exact) mass is 159 g/mol. The predicted molar refractivity (Wildman–Crippen MR) is 48.4 cm³/mol. The van der Waals surface area contributed by atoms with E-state index in [-0.39, 0.29) is 5.41 Å². The second kappa shape index (κ2) is 3.55. The summed E-state index contributed by atoms with van der Waals surface area (Å²) in [5.74, 6) is 0. The molecular formula is C9H21NO. The van der Waals surface area contributed by atoms with Crippen LogP contribution in [0.15, 0.2) is 0 Å². The molecule has 1 atom stereocenters. The summed E-state index contributed by atoms with van der Waals surface area (Å²) in [6.07, 6.45) is 2.05. The van der Waals surface area contributed by atoms with Crippen molar-refractivity contribution in [3.8, 4) is 0 Å². The largest absolute Gasteiger partial charge is 0.390 e. The van der Waals surface area contributed by atoms with Crippen molar-refractivity contribution in [2.24, 2.45) is 11.1 Å². The maximum atomic E-state index is 9.79. The van der Waals surface area contributed by atoms with Gasteiger partial charge in [0.2, 0.25) is 0 Å². The van der Waals surface area contributed by atoms with E-state index in [0.29, 0.717) is 6.54 Å². The highest BCUT2D eigenvalue weighted by molar-refractivity contribution is 4.89. The van der Waals surface area contributed by atoms with Gasteiger partial charge in [-0.05, 0) is 20.3 Å². The Bertz CT molecular complexity index is 117. The summed E-state index contributed by atoms with van der Waals surface area (Å²) < 4.78 is 0. The van der Waals surface area contributed by atoms with Gasteiger partial charge in [-0.25, -0.2) is 0 Å². The van der Waals surface area contributed by atoms with Crippen molar-refractivity contribution < 1.29 is 5.11 Å². The summed E-state index contributed by atoms with van der Waals surface area (Å²) in [6, 6.07) is 0. The van der Waals surface area contributed by atoms with Crippen LogP contribution < -0.4 is 5.73 Å². The van der Waals surface area contributed by atoms with E-state index in [1.807, 2.05) is 20.8 Å². The third-order valence-corrected chi connectivity index (χ3v) is 2.73. The van der Waals surface area contributed by atoms with E-state index in [1.165, 1.54) is 0 Å². The molecule has 2 heteroatoms. The van der Waals surface area contributed by atoms with Crippen LogP contribution in [0, 0.1) is 5.41 Å². The Kier molecular flexibility index (Phi) is 3.52. The van der Waals surface area contributed by atoms with Crippen molar-refractivity contribution in [2.75, 3.05) is 6.54 Å². The number of aliphatic hydroxyl groups is 1. The smallest absolute Gasteiger partial charge is 0.0657 e. The first-order valence-electron chi connectivity index (χ1n) is 4.30. The van der Waals surface area contributed by atoms with Crippen molar-refractivity contribution in [1.82, 2.24) is 0 Å². The molecule has 0 fully saturated rings. The second-order valence-electron chi connectivity index (χ2n) is 4.07. The predicted octanol–water partition coefficient (Wildman–Crippen LogP) is 1.52. The molecule has 0 saturated carbocycles. The third kappa shape index (κ3) is 2.46. The Morgan fingerprint density at radius 2 is 1.73 bits per heavy atom. The van der Waals surface area contributed by atoms with Crippen LogP contribution in [0.5, 0.6) is 0 Å². The van der Waals surface area contributed by atoms with Gasteiger partial charge in [-0.3, -0.25) is 0 Å². The van der Waals surface area contributed by atoms with E-state index >= 15 is 0 Å². The Morgan fingerprint density at radius 3 is 1.82 bits per heavy atom. The molecular weight excluding hydrogens is 138 g/mol. The Labute approximate surface area is 69.8 Å². The molecule has 11 heavy (non-hydrogen) atoms. The molecule has 0 aliphatic rings. The molecule has 0 bridgehead atoms. The lowest BCUT2D eigenvalue weighted by molar-refractivity contribution is -0.0452. The number of hydrogen-bond acceptors (Lipinski definition) is 2. The van der Waals surface area contributed by atoms with Crippen LogP contribution in [0.4, 0.5) is 0 Å². The molecule has 68 valence electrons. The minimum atomic E-state index is -0.669. The van der Waals surface area contributed by atoms with Crippen LogP contribution in [0.2, 0.25) is 0 Å². The summed E-state index contributed by atoms with van der Waals surface area (Å²) in [6.45, 7) is 8.35. The van der Waals surface area contributed by atoms with Crippen LogP contribution >= 0.6 is 0 Å². The van der Waals surface area contributed by atoms with E-state index < -0.39 is 5.60 Å². The van der Waals surface area contributed by atoms with Gasteiger partial charge in [0.05, 0.1) is 5.60 Å². The van der Waals surface area contributed by atoms with Gasteiger partial charge in [0.25, 0.3) is 0 Å². The molecule has 0 aromatic heterocycles. The first-order valence-corrected chi connectivity index (χ1v) is 4.30. The lowest BCUT2D eigenvalue weighted by Gasteiger charge is -2.39. The average Bonchev–Trinajstić information content (AvgIpc) is 1.86. The summed E-state index contributed by atoms with van der Waals surface area (Å²) in [4.78, 5) is 0. The third-order valence-electron chi connectivity index (χ3n) is 2.73. The average molecular weight is 159 g/mol. The van der Waals surface area contributed by atoms with Crippen molar-refractivity contribution in [3.05, 3.63) is 0 Å². The molecule has 0 aromatic rings. The molecule has 2 nitrogen and oxygen atoms in total. The number of hydrogen-bond donors (Lipinski definition) is 2. The van der Waals surface area contributed by atoms with Crippen LogP contribution in [0.25, 0.3) is 0 Å². The SMILES string of the molecule is CCCC(C)(CN)C(C)(C)O. The van der Waals surface area contributed by atoms with E-state index in [2.05, 4.69) is 6.92 Å². The summed E-state index contributed by atoms with van der Waals surface area (Å²) >= 11 is 0. The summed E-state index contributed by atoms with van der Waals surface area (Å²) in [5.41, 5.74) is 4.81. The Hall–Kier alpha value is -0.0800. The fraction of sp³-hybridized carbons (Fsp3) is 1.00. The minimum Gasteiger partial charge on any atom is -0.390 e. The van der Waals surface area contributed by atoms with Crippen molar-refractivity contribution in [1.29, 1.82) is 0 Å².